The van der Waals surface area contributed by atoms with E-state index in [-0.39, 0.29) is 29.7 Å². The number of halogens is 1. The second-order valence-electron chi connectivity index (χ2n) is 5.38. The van der Waals surface area contributed by atoms with Gasteiger partial charge in [-0.3, -0.25) is 24.3 Å². The van der Waals surface area contributed by atoms with Crippen molar-refractivity contribution in [3.8, 4) is 0 Å². The molecule has 3 amide bonds. The summed E-state index contributed by atoms with van der Waals surface area (Å²) in [6, 6.07) is 8.76. The van der Waals surface area contributed by atoms with Gasteiger partial charge in [-0.05, 0) is 47.7 Å². The highest BCUT2D eigenvalue weighted by Crippen LogP contribution is 2.31. The molecule has 6 nitrogen and oxygen atoms in total. The number of hydrogen-bond acceptors (Lipinski definition) is 5. The van der Waals surface area contributed by atoms with Gasteiger partial charge in [-0.2, -0.15) is 0 Å². The molecule has 8 heteroatoms. The molecule has 26 heavy (non-hydrogen) atoms. The minimum atomic E-state index is -0.428. The van der Waals surface area contributed by atoms with Crippen LogP contribution in [0.4, 0.5) is 9.18 Å². The number of amides is 3. The molecular formula is C18H14FN3O3S. The molecule has 0 radical (unpaired) electrons. The van der Waals surface area contributed by atoms with Crippen molar-refractivity contribution in [2.75, 3.05) is 13.1 Å². The molecule has 0 aliphatic carbocycles. The number of benzene rings is 1. The van der Waals surface area contributed by atoms with Gasteiger partial charge in [-0.25, -0.2) is 4.39 Å². The van der Waals surface area contributed by atoms with E-state index in [0.29, 0.717) is 11.1 Å². The van der Waals surface area contributed by atoms with Crippen molar-refractivity contribution >= 4 is 34.9 Å². The smallest absolute Gasteiger partial charge is 0.293 e. The maximum Gasteiger partial charge on any atom is 0.293 e. The number of nitrogens with zero attached hydrogens (tertiary/aromatic N) is 2. The summed E-state index contributed by atoms with van der Waals surface area (Å²) in [4.78, 5) is 41.5. The zero-order valence-electron chi connectivity index (χ0n) is 13.5. The molecule has 1 aliphatic rings. The fourth-order valence-corrected chi connectivity index (χ4v) is 3.15. The van der Waals surface area contributed by atoms with Gasteiger partial charge in [-0.1, -0.05) is 12.1 Å². The summed E-state index contributed by atoms with van der Waals surface area (Å²) < 4.78 is 12.9. The molecule has 1 aliphatic heterocycles. The molecule has 0 saturated carbocycles. The highest BCUT2D eigenvalue weighted by atomic mass is 32.2. The zero-order chi connectivity index (χ0) is 18.5. The maximum atomic E-state index is 12.9. The molecule has 0 spiro atoms. The number of hydrogen-bond donors (Lipinski definition) is 1. The molecule has 1 aromatic heterocycles. The van der Waals surface area contributed by atoms with Gasteiger partial charge in [0.05, 0.1) is 4.91 Å². The Hall–Kier alpha value is -3.00. The predicted octanol–water partition coefficient (Wildman–Crippen LogP) is 2.69. The fraction of sp³-hybridized carbons (Fsp3) is 0.111. The van der Waals surface area contributed by atoms with E-state index in [0.717, 1.165) is 16.7 Å². The number of carbonyl (C=O) groups is 3. The van der Waals surface area contributed by atoms with E-state index in [1.54, 1.807) is 18.2 Å². The van der Waals surface area contributed by atoms with Crippen molar-refractivity contribution in [2.45, 2.75) is 0 Å². The average Bonchev–Trinajstić information content (AvgIpc) is 2.91. The zero-order valence-corrected chi connectivity index (χ0v) is 14.3. The first-order valence-electron chi connectivity index (χ1n) is 7.74. The summed E-state index contributed by atoms with van der Waals surface area (Å²) in [6.45, 7) is 0.214. The summed E-state index contributed by atoms with van der Waals surface area (Å²) in [5.41, 5.74) is 1.08. The number of imide groups is 1. The second-order valence-corrected chi connectivity index (χ2v) is 6.37. The molecule has 0 atom stereocenters. The summed E-state index contributed by atoms with van der Waals surface area (Å²) in [7, 11) is 0. The minimum absolute atomic E-state index is 0.0717. The van der Waals surface area contributed by atoms with Gasteiger partial charge in [0.1, 0.15) is 5.82 Å². The van der Waals surface area contributed by atoms with Crippen molar-refractivity contribution in [1.29, 1.82) is 0 Å². The van der Waals surface area contributed by atoms with Gasteiger partial charge in [0.25, 0.3) is 17.1 Å². The highest BCUT2D eigenvalue weighted by Gasteiger charge is 2.34. The number of aromatic nitrogens is 1. The van der Waals surface area contributed by atoms with Crippen LogP contribution in [0, 0.1) is 5.82 Å². The van der Waals surface area contributed by atoms with Crippen LogP contribution < -0.4 is 5.32 Å². The summed E-state index contributed by atoms with van der Waals surface area (Å²) in [5, 5.41) is 2.25. The monoisotopic (exact) mass is 371 g/mol. The van der Waals surface area contributed by atoms with Crippen molar-refractivity contribution in [3.63, 3.8) is 0 Å². The molecule has 1 N–H and O–H groups in total. The summed E-state index contributed by atoms with van der Waals surface area (Å²) >= 11 is 0.820. The normalized spacial score (nSPS) is 15.6. The van der Waals surface area contributed by atoms with Crippen LogP contribution in [0.25, 0.3) is 6.08 Å². The van der Waals surface area contributed by atoms with Crippen LogP contribution in [-0.2, 0) is 4.79 Å². The van der Waals surface area contributed by atoms with Crippen LogP contribution in [-0.4, -0.2) is 40.0 Å². The van der Waals surface area contributed by atoms with E-state index in [9.17, 15) is 18.8 Å². The van der Waals surface area contributed by atoms with Crippen LogP contribution in [0.1, 0.15) is 15.9 Å². The molecule has 1 saturated heterocycles. The molecule has 1 aromatic carbocycles. The van der Waals surface area contributed by atoms with Crippen molar-refractivity contribution < 1.29 is 18.8 Å². The molecule has 0 bridgehead atoms. The third-order valence-electron chi connectivity index (χ3n) is 3.60. The van der Waals surface area contributed by atoms with Gasteiger partial charge in [0.2, 0.25) is 0 Å². The fourth-order valence-electron chi connectivity index (χ4n) is 2.29. The van der Waals surface area contributed by atoms with Crippen molar-refractivity contribution in [3.05, 3.63) is 70.6 Å². The lowest BCUT2D eigenvalue weighted by molar-refractivity contribution is -0.122. The third-order valence-corrected chi connectivity index (χ3v) is 4.51. The van der Waals surface area contributed by atoms with Crippen LogP contribution in [0.2, 0.25) is 0 Å². The molecular weight excluding hydrogens is 357 g/mol. The highest BCUT2D eigenvalue weighted by molar-refractivity contribution is 8.18. The van der Waals surface area contributed by atoms with Crippen molar-refractivity contribution in [2.24, 2.45) is 0 Å². The number of thioether (sulfide) groups is 1. The Bertz CT molecular complexity index is 869. The molecule has 2 aromatic rings. The lowest BCUT2D eigenvalue weighted by Crippen LogP contribution is -2.37. The van der Waals surface area contributed by atoms with Gasteiger partial charge in [-0.15, -0.1) is 0 Å². The first-order chi connectivity index (χ1) is 12.5. The number of rotatable bonds is 5. The number of nitrogens with one attached hydrogen (secondary N) is 1. The Kier molecular flexibility index (Phi) is 5.43. The largest absolute Gasteiger partial charge is 0.350 e. The SMILES string of the molecule is O=C(NCCN1C(=O)S/C(=C\c2ccc(F)cc2)C1=O)c1ccncc1. The van der Waals surface area contributed by atoms with E-state index in [2.05, 4.69) is 10.3 Å². The first-order valence-corrected chi connectivity index (χ1v) is 8.55. The Morgan fingerprint density at radius 2 is 1.85 bits per heavy atom. The summed E-state index contributed by atoms with van der Waals surface area (Å²) in [5.74, 6) is -1.11. The maximum absolute atomic E-state index is 12.9. The molecule has 2 heterocycles. The number of carbonyl (C=O) groups excluding carboxylic acids is 3. The standard InChI is InChI=1S/C18H14FN3O3S/c19-14-3-1-12(2-4-14)11-15-17(24)22(18(25)26-15)10-9-21-16(23)13-5-7-20-8-6-13/h1-8,11H,9-10H2,(H,21,23)/b15-11-. The molecule has 1 fully saturated rings. The minimum Gasteiger partial charge on any atom is -0.350 e. The van der Waals surface area contributed by atoms with E-state index >= 15 is 0 Å². The van der Waals surface area contributed by atoms with Crippen molar-refractivity contribution in [1.82, 2.24) is 15.2 Å². The lowest BCUT2D eigenvalue weighted by atomic mass is 10.2. The molecule has 132 valence electrons. The first kappa shape index (κ1) is 17.8. The van der Waals surface area contributed by atoms with Gasteiger partial charge >= 0.3 is 0 Å². The van der Waals surface area contributed by atoms with Gasteiger partial charge in [0.15, 0.2) is 0 Å². The molecule has 3 rings (SSSR count). The van der Waals surface area contributed by atoms with E-state index < -0.39 is 11.1 Å². The predicted molar refractivity (Wildman–Crippen MR) is 95.6 cm³/mol. The Morgan fingerprint density at radius 1 is 1.15 bits per heavy atom. The van der Waals surface area contributed by atoms with Gasteiger partial charge < -0.3 is 5.32 Å². The van der Waals surface area contributed by atoms with Crippen LogP contribution in [0.15, 0.2) is 53.7 Å². The van der Waals surface area contributed by atoms with E-state index in [1.807, 2.05) is 0 Å². The second kappa shape index (κ2) is 7.92. The number of pyridine rings is 1. The Balaban J connectivity index is 1.59. The Morgan fingerprint density at radius 3 is 2.54 bits per heavy atom. The topological polar surface area (TPSA) is 79.4 Å². The average molecular weight is 371 g/mol. The van der Waals surface area contributed by atoms with E-state index in [4.69, 9.17) is 0 Å². The summed E-state index contributed by atoms with van der Waals surface area (Å²) in [6.07, 6.45) is 4.55. The third kappa shape index (κ3) is 4.15. The Labute approximate surface area is 153 Å². The van der Waals surface area contributed by atoms with Gasteiger partial charge in [0, 0.05) is 31.0 Å². The van der Waals surface area contributed by atoms with E-state index in [1.165, 1.54) is 36.7 Å². The van der Waals surface area contributed by atoms with Crippen LogP contribution >= 0.6 is 11.8 Å². The van der Waals surface area contributed by atoms with Crippen LogP contribution in [0.5, 0.6) is 0 Å². The lowest BCUT2D eigenvalue weighted by Gasteiger charge is -2.12. The van der Waals surface area contributed by atoms with Crippen LogP contribution in [0.3, 0.4) is 0 Å². The molecule has 0 unspecified atom stereocenters. The quantitative estimate of drug-likeness (QED) is 0.818.